The zero-order chi connectivity index (χ0) is 9.45. The minimum absolute atomic E-state index is 0.0340. The van der Waals surface area contributed by atoms with Gasteiger partial charge in [-0.2, -0.15) is 13.2 Å². The Morgan fingerprint density at radius 2 is 1.83 bits per heavy atom. The van der Waals surface area contributed by atoms with Gasteiger partial charge in [-0.25, -0.2) is 0 Å². The molecule has 0 bridgehead atoms. The quantitative estimate of drug-likeness (QED) is 0.397. The number of hydrogen-bond donors (Lipinski definition) is 0. The summed E-state index contributed by atoms with van der Waals surface area (Å²) in [7, 11) is 0.812. The van der Waals surface area contributed by atoms with Crippen LogP contribution in [0.3, 0.4) is 0 Å². The smallest absolute Gasteiger partial charge is 0.160 e. The lowest BCUT2D eigenvalue weighted by atomic mass is 10.6. The summed E-state index contributed by atoms with van der Waals surface area (Å²) in [6.45, 7) is 0. The Morgan fingerprint density at radius 3 is 2.33 bits per heavy atom. The van der Waals surface area contributed by atoms with Gasteiger partial charge in [0.2, 0.25) is 0 Å². The van der Waals surface area contributed by atoms with Gasteiger partial charge in [-0.05, 0) is 12.2 Å². The summed E-state index contributed by atoms with van der Waals surface area (Å²) in [6, 6.07) is 0. The van der Waals surface area contributed by atoms with Crippen molar-refractivity contribution in [3.63, 3.8) is 0 Å². The number of thioether (sulfide) groups is 1. The van der Waals surface area contributed by atoms with E-state index in [-0.39, 0.29) is 10.8 Å². The summed E-state index contributed by atoms with van der Waals surface area (Å²) in [5.74, 6) is 1.35. The summed E-state index contributed by atoms with van der Waals surface area (Å²) < 4.78 is 34.6. The molecule has 0 saturated heterocycles. The van der Waals surface area contributed by atoms with Crippen LogP contribution in [0, 0.1) is 0 Å². The highest BCUT2D eigenvalue weighted by atomic mass is 35.5. The first-order chi connectivity index (χ1) is 5.56. The molecule has 0 aliphatic carbocycles. The Labute approximate surface area is 86.8 Å². The number of rotatable bonds is 6. The molecule has 0 spiro atoms. The van der Waals surface area contributed by atoms with Gasteiger partial charge in [0.15, 0.2) is 0 Å². The van der Waals surface area contributed by atoms with Crippen LogP contribution >= 0.6 is 45.0 Å². The van der Waals surface area contributed by atoms with Crippen LogP contribution in [-0.4, -0.2) is 22.2 Å². The predicted molar refractivity (Wildman–Crippen MR) is 53.9 cm³/mol. The molecule has 0 aliphatic rings. The fourth-order valence-corrected chi connectivity index (χ4v) is 2.83. The van der Waals surface area contributed by atoms with Crippen LogP contribution in [0.2, 0.25) is 0 Å². The highest BCUT2D eigenvalue weighted by molar-refractivity contribution is 8.77. The highest BCUT2D eigenvalue weighted by Crippen LogP contribution is 2.39. The Bertz CT molecular complexity index is 109. The van der Waals surface area contributed by atoms with Gasteiger partial charge in [0.25, 0.3) is 0 Å². The topological polar surface area (TPSA) is 0 Å². The first-order valence-corrected chi connectivity index (χ1v) is 7.08. The van der Waals surface area contributed by atoms with E-state index in [9.17, 15) is 13.2 Å². The van der Waals surface area contributed by atoms with E-state index in [1.54, 1.807) is 0 Å². The minimum Gasteiger partial charge on any atom is -0.160 e. The van der Waals surface area contributed by atoms with Crippen molar-refractivity contribution in [3.8, 4) is 0 Å². The maximum absolute atomic E-state index is 11.5. The van der Waals surface area contributed by atoms with E-state index in [2.05, 4.69) is 0 Å². The van der Waals surface area contributed by atoms with Crippen molar-refractivity contribution in [1.29, 1.82) is 0 Å². The van der Waals surface area contributed by atoms with Crippen molar-refractivity contribution in [2.75, 3.05) is 16.7 Å². The normalized spacial score (nSPS) is 12.0. The van der Waals surface area contributed by atoms with Crippen molar-refractivity contribution in [3.05, 3.63) is 0 Å². The zero-order valence-corrected chi connectivity index (χ0v) is 9.27. The minimum atomic E-state index is -4.11. The second-order valence-corrected chi connectivity index (χ2v) is 5.89. The van der Waals surface area contributed by atoms with E-state index < -0.39 is 5.51 Å². The third-order valence-electron chi connectivity index (χ3n) is 0.747. The molecule has 0 aromatic carbocycles. The zero-order valence-electron chi connectivity index (χ0n) is 6.07. The molecule has 0 unspecified atom stereocenters. The number of halogens is 4. The van der Waals surface area contributed by atoms with Gasteiger partial charge in [-0.1, -0.05) is 10.8 Å². The van der Waals surface area contributed by atoms with Crippen molar-refractivity contribution >= 4 is 45.0 Å². The average Bonchev–Trinajstić information content (AvgIpc) is 1.94. The summed E-state index contributed by atoms with van der Waals surface area (Å²) >= 11 is 6.89. The molecular formula is C5H8ClF3S3. The second kappa shape index (κ2) is 7.53. The molecule has 0 aromatic heterocycles. The molecule has 0 fully saturated rings. The van der Waals surface area contributed by atoms with Crippen LogP contribution in [0.5, 0.6) is 0 Å². The lowest BCUT2D eigenvalue weighted by molar-refractivity contribution is -0.0311. The fourth-order valence-electron chi connectivity index (χ4n) is 0.383. The lowest BCUT2D eigenvalue weighted by Gasteiger charge is -2.03. The van der Waals surface area contributed by atoms with Gasteiger partial charge >= 0.3 is 5.51 Å². The molecule has 7 heteroatoms. The summed E-state index contributed by atoms with van der Waals surface area (Å²) in [4.78, 5) is 0. The second-order valence-electron chi connectivity index (χ2n) is 1.72. The molecule has 0 aromatic rings. The molecule has 0 N–H and O–H groups in total. The molecule has 0 radical (unpaired) electrons. The fraction of sp³-hybridized carbons (Fsp3) is 1.00. The van der Waals surface area contributed by atoms with E-state index in [1.807, 2.05) is 0 Å². The van der Waals surface area contributed by atoms with Gasteiger partial charge in [0.1, 0.15) is 0 Å². The highest BCUT2D eigenvalue weighted by Gasteiger charge is 2.28. The van der Waals surface area contributed by atoms with Gasteiger partial charge < -0.3 is 0 Å². The Hall–Kier alpha value is 1.13. The largest absolute Gasteiger partial charge is 0.452 e. The molecule has 0 atom stereocenters. The van der Waals surface area contributed by atoms with Gasteiger partial charge in [0.05, 0.1) is 5.21 Å². The predicted octanol–water partition coefficient (Wildman–Crippen LogP) is 4.21. The maximum atomic E-state index is 11.5. The SMILES string of the molecule is FC(F)(F)SSCCCSCCl. The number of hydrogen-bond acceptors (Lipinski definition) is 3. The summed E-state index contributed by atoms with van der Waals surface area (Å²) in [5, 5.41) is 0.511. The van der Waals surface area contributed by atoms with E-state index in [0.29, 0.717) is 11.0 Å². The van der Waals surface area contributed by atoms with Crippen LogP contribution in [0.15, 0.2) is 0 Å². The van der Waals surface area contributed by atoms with Gasteiger partial charge in [-0.15, -0.1) is 23.4 Å². The van der Waals surface area contributed by atoms with Crippen LogP contribution in [0.4, 0.5) is 13.2 Å². The molecule has 0 saturated carbocycles. The first-order valence-electron chi connectivity index (χ1n) is 3.07. The first kappa shape index (κ1) is 13.1. The monoisotopic (exact) mass is 256 g/mol. The molecule has 74 valence electrons. The van der Waals surface area contributed by atoms with E-state index in [1.165, 1.54) is 11.8 Å². The van der Waals surface area contributed by atoms with Crippen LogP contribution in [0.25, 0.3) is 0 Å². The molecule has 0 amide bonds. The van der Waals surface area contributed by atoms with Gasteiger partial charge in [-0.3, -0.25) is 0 Å². The standard InChI is InChI=1S/C5H8ClF3S3/c6-4-10-2-1-3-11-12-5(7,8)9/h1-4H2. The molecule has 0 nitrogen and oxygen atoms in total. The van der Waals surface area contributed by atoms with E-state index in [0.717, 1.165) is 23.0 Å². The molecule has 0 rings (SSSR count). The van der Waals surface area contributed by atoms with Crippen LogP contribution < -0.4 is 0 Å². The maximum Gasteiger partial charge on any atom is 0.452 e. The van der Waals surface area contributed by atoms with Crippen molar-refractivity contribution in [1.82, 2.24) is 0 Å². The van der Waals surface area contributed by atoms with Crippen molar-refractivity contribution < 1.29 is 13.2 Å². The molecular weight excluding hydrogens is 249 g/mol. The summed E-state index contributed by atoms with van der Waals surface area (Å²) in [6.07, 6.45) is 0.769. The Kier molecular flexibility index (Phi) is 8.23. The third kappa shape index (κ3) is 11.1. The number of alkyl halides is 4. The van der Waals surface area contributed by atoms with Crippen molar-refractivity contribution in [2.45, 2.75) is 11.9 Å². The van der Waals surface area contributed by atoms with E-state index in [4.69, 9.17) is 11.6 Å². The third-order valence-corrected chi connectivity index (χ3v) is 4.12. The van der Waals surface area contributed by atoms with E-state index >= 15 is 0 Å². The molecule has 0 heterocycles. The van der Waals surface area contributed by atoms with Crippen LogP contribution in [0.1, 0.15) is 6.42 Å². The van der Waals surface area contributed by atoms with Gasteiger partial charge in [0, 0.05) is 16.5 Å². The summed E-state index contributed by atoms with van der Waals surface area (Å²) in [5.41, 5.74) is -4.11. The Morgan fingerprint density at radius 1 is 1.17 bits per heavy atom. The van der Waals surface area contributed by atoms with Crippen LogP contribution in [-0.2, 0) is 0 Å². The molecule has 12 heavy (non-hydrogen) atoms. The molecule has 0 aliphatic heterocycles. The lowest BCUT2D eigenvalue weighted by Crippen LogP contribution is -1.96. The Balaban J connectivity index is 3.01. The average molecular weight is 257 g/mol. The van der Waals surface area contributed by atoms with Crippen molar-refractivity contribution in [2.24, 2.45) is 0 Å².